The molecule has 2 saturated heterocycles. The highest BCUT2D eigenvalue weighted by Crippen LogP contribution is 2.22. The van der Waals surface area contributed by atoms with Crippen LogP contribution in [0.3, 0.4) is 0 Å². The van der Waals surface area contributed by atoms with E-state index in [1.807, 2.05) is 17.0 Å². The molecule has 1 unspecified atom stereocenters. The number of amides is 1. The second-order valence-electron chi connectivity index (χ2n) is 5.94. The maximum atomic E-state index is 12.5. The molecule has 3 rings (SSSR count). The van der Waals surface area contributed by atoms with Crippen LogP contribution in [0.15, 0.2) is 12.1 Å². The third kappa shape index (κ3) is 2.90. The van der Waals surface area contributed by atoms with Crippen LogP contribution in [-0.2, 0) is 0 Å². The molecule has 4 nitrogen and oxygen atoms in total. The van der Waals surface area contributed by atoms with E-state index in [0.717, 1.165) is 50.6 Å². The summed E-state index contributed by atoms with van der Waals surface area (Å²) in [5.41, 5.74) is 0. The van der Waals surface area contributed by atoms with Gasteiger partial charge in [0.05, 0.1) is 4.88 Å². The Morgan fingerprint density at radius 1 is 1.20 bits per heavy atom. The first-order valence-electron chi connectivity index (χ1n) is 7.42. The Hall–Kier alpha value is -0.910. The van der Waals surface area contributed by atoms with E-state index in [4.69, 9.17) is 0 Å². The molecular formula is C15H23N3OS. The van der Waals surface area contributed by atoms with Crippen molar-refractivity contribution in [3.8, 4) is 0 Å². The van der Waals surface area contributed by atoms with Gasteiger partial charge < -0.3 is 9.80 Å². The third-order valence-electron chi connectivity index (χ3n) is 4.46. The van der Waals surface area contributed by atoms with Crippen molar-refractivity contribution >= 4 is 17.2 Å². The van der Waals surface area contributed by atoms with Gasteiger partial charge in [0.25, 0.3) is 5.91 Å². The molecule has 0 saturated carbocycles. The minimum absolute atomic E-state index is 0.222. The van der Waals surface area contributed by atoms with Crippen LogP contribution >= 0.6 is 11.3 Å². The van der Waals surface area contributed by atoms with Gasteiger partial charge in [-0.25, -0.2) is 0 Å². The minimum atomic E-state index is 0.222. The second kappa shape index (κ2) is 5.84. The van der Waals surface area contributed by atoms with Gasteiger partial charge in [-0.05, 0) is 32.5 Å². The first-order chi connectivity index (χ1) is 9.63. The zero-order chi connectivity index (χ0) is 14.1. The SMILES string of the molecule is Cc1ccc(C(=O)N2CCC(N3CCN(C)CC3)C2)s1. The van der Waals surface area contributed by atoms with Crippen molar-refractivity contribution in [1.29, 1.82) is 0 Å². The van der Waals surface area contributed by atoms with E-state index in [0.29, 0.717) is 6.04 Å². The zero-order valence-electron chi connectivity index (χ0n) is 12.3. The average Bonchev–Trinajstić information content (AvgIpc) is 3.08. The second-order valence-corrected chi connectivity index (χ2v) is 7.23. The molecule has 0 spiro atoms. The Balaban J connectivity index is 1.58. The normalized spacial score (nSPS) is 25.3. The highest BCUT2D eigenvalue weighted by atomic mass is 32.1. The predicted octanol–water partition coefficient (Wildman–Crippen LogP) is 1.52. The smallest absolute Gasteiger partial charge is 0.263 e. The van der Waals surface area contributed by atoms with Crippen molar-refractivity contribution < 1.29 is 4.79 Å². The summed E-state index contributed by atoms with van der Waals surface area (Å²) in [5.74, 6) is 0.222. The summed E-state index contributed by atoms with van der Waals surface area (Å²) < 4.78 is 0. The van der Waals surface area contributed by atoms with Crippen LogP contribution in [-0.4, -0.2) is 73.0 Å². The molecule has 5 heteroatoms. The summed E-state index contributed by atoms with van der Waals surface area (Å²) in [6.07, 6.45) is 1.12. The van der Waals surface area contributed by atoms with Crippen LogP contribution in [0.25, 0.3) is 0 Å². The van der Waals surface area contributed by atoms with Crippen LogP contribution in [0, 0.1) is 6.92 Å². The summed E-state index contributed by atoms with van der Waals surface area (Å²) in [4.78, 5) is 21.5. The molecule has 1 amide bonds. The number of carbonyl (C=O) groups is 1. The lowest BCUT2D eigenvalue weighted by Crippen LogP contribution is -2.49. The Morgan fingerprint density at radius 2 is 1.95 bits per heavy atom. The molecule has 2 aliphatic heterocycles. The number of likely N-dealkylation sites (tertiary alicyclic amines) is 1. The van der Waals surface area contributed by atoms with Crippen molar-refractivity contribution in [3.63, 3.8) is 0 Å². The number of carbonyl (C=O) groups excluding carboxylic acids is 1. The number of piperazine rings is 1. The monoisotopic (exact) mass is 293 g/mol. The van der Waals surface area contributed by atoms with E-state index in [1.54, 1.807) is 11.3 Å². The molecule has 2 fully saturated rings. The fourth-order valence-electron chi connectivity index (χ4n) is 3.12. The van der Waals surface area contributed by atoms with Crippen molar-refractivity contribution in [2.75, 3.05) is 46.3 Å². The van der Waals surface area contributed by atoms with Crippen LogP contribution in [0.4, 0.5) is 0 Å². The standard InChI is InChI=1S/C15H23N3OS/c1-12-3-4-14(20-12)15(19)18-6-5-13(11-18)17-9-7-16(2)8-10-17/h3-4,13H,5-11H2,1-2H3. The van der Waals surface area contributed by atoms with E-state index in [1.165, 1.54) is 4.88 Å². The maximum absolute atomic E-state index is 12.5. The first-order valence-corrected chi connectivity index (χ1v) is 8.23. The molecule has 2 aliphatic rings. The first kappa shape index (κ1) is 14.0. The molecule has 1 atom stereocenters. The van der Waals surface area contributed by atoms with E-state index in [2.05, 4.69) is 23.8 Å². The van der Waals surface area contributed by atoms with Gasteiger partial charge >= 0.3 is 0 Å². The van der Waals surface area contributed by atoms with E-state index in [-0.39, 0.29) is 5.91 Å². The third-order valence-corrected chi connectivity index (χ3v) is 5.44. The molecule has 110 valence electrons. The Morgan fingerprint density at radius 3 is 2.60 bits per heavy atom. The predicted molar refractivity (Wildman–Crippen MR) is 82.4 cm³/mol. The summed E-state index contributed by atoms with van der Waals surface area (Å²) >= 11 is 1.61. The van der Waals surface area contributed by atoms with Crippen LogP contribution in [0.5, 0.6) is 0 Å². The summed E-state index contributed by atoms with van der Waals surface area (Å²) in [7, 11) is 2.18. The summed E-state index contributed by atoms with van der Waals surface area (Å²) in [6.45, 7) is 8.44. The van der Waals surface area contributed by atoms with E-state index in [9.17, 15) is 4.79 Å². The molecular weight excluding hydrogens is 270 g/mol. The van der Waals surface area contributed by atoms with Gasteiger partial charge in [0.2, 0.25) is 0 Å². The van der Waals surface area contributed by atoms with Gasteiger partial charge in [-0.2, -0.15) is 0 Å². The lowest BCUT2D eigenvalue weighted by atomic mass is 10.2. The molecule has 0 radical (unpaired) electrons. The topological polar surface area (TPSA) is 26.8 Å². The van der Waals surface area contributed by atoms with Crippen molar-refractivity contribution in [3.05, 3.63) is 21.9 Å². The number of rotatable bonds is 2. The van der Waals surface area contributed by atoms with Gasteiger partial charge in [-0.3, -0.25) is 9.69 Å². The molecule has 3 heterocycles. The average molecular weight is 293 g/mol. The fourth-order valence-corrected chi connectivity index (χ4v) is 3.95. The van der Waals surface area contributed by atoms with Crippen LogP contribution in [0.2, 0.25) is 0 Å². The molecule has 1 aromatic heterocycles. The number of nitrogens with zero attached hydrogens (tertiary/aromatic N) is 3. The number of likely N-dealkylation sites (N-methyl/N-ethyl adjacent to an activating group) is 1. The number of hydrogen-bond acceptors (Lipinski definition) is 4. The molecule has 1 aromatic rings. The molecule has 0 N–H and O–H groups in total. The minimum Gasteiger partial charge on any atom is -0.336 e. The van der Waals surface area contributed by atoms with Gasteiger partial charge in [0.1, 0.15) is 0 Å². The van der Waals surface area contributed by atoms with E-state index >= 15 is 0 Å². The molecule has 20 heavy (non-hydrogen) atoms. The number of aryl methyl sites for hydroxylation is 1. The van der Waals surface area contributed by atoms with Crippen molar-refractivity contribution in [2.24, 2.45) is 0 Å². The highest BCUT2D eigenvalue weighted by molar-refractivity contribution is 7.13. The van der Waals surface area contributed by atoms with Crippen LogP contribution < -0.4 is 0 Å². The lowest BCUT2D eigenvalue weighted by molar-refractivity contribution is 0.0760. The molecule has 0 bridgehead atoms. The Labute approximate surface area is 125 Å². The Kier molecular flexibility index (Phi) is 4.10. The van der Waals surface area contributed by atoms with Gasteiger partial charge in [0.15, 0.2) is 0 Å². The fraction of sp³-hybridized carbons (Fsp3) is 0.667. The lowest BCUT2D eigenvalue weighted by Gasteiger charge is -2.36. The van der Waals surface area contributed by atoms with Gasteiger partial charge in [-0.1, -0.05) is 0 Å². The summed E-state index contributed by atoms with van der Waals surface area (Å²) in [6, 6.07) is 4.56. The quantitative estimate of drug-likeness (QED) is 0.827. The van der Waals surface area contributed by atoms with Gasteiger partial charge in [0, 0.05) is 50.2 Å². The van der Waals surface area contributed by atoms with Gasteiger partial charge in [-0.15, -0.1) is 11.3 Å². The number of hydrogen-bond donors (Lipinski definition) is 0. The zero-order valence-corrected chi connectivity index (χ0v) is 13.2. The van der Waals surface area contributed by atoms with Crippen molar-refractivity contribution in [1.82, 2.24) is 14.7 Å². The van der Waals surface area contributed by atoms with E-state index < -0.39 is 0 Å². The summed E-state index contributed by atoms with van der Waals surface area (Å²) in [5, 5.41) is 0. The largest absolute Gasteiger partial charge is 0.336 e. The van der Waals surface area contributed by atoms with Crippen LogP contribution in [0.1, 0.15) is 21.0 Å². The Bertz CT molecular complexity index is 479. The highest BCUT2D eigenvalue weighted by Gasteiger charge is 2.32. The molecule has 0 aliphatic carbocycles. The molecule has 0 aromatic carbocycles. The maximum Gasteiger partial charge on any atom is 0.263 e. The van der Waals surface area contributed by atoms with Crippen molar-refractivity contribution in [2.45, 2.75) is 19.4 Å². The number of thiophene rings is 1.